The molecule has 0 amide bonds. The van der Waals surface area contributed by atoms with Crippen LogP contribution in [0.25, 0.3) is 0 Å². The molecule has 0 atom stereocenters. The molecule has 0 bridgehead atoms. The summed E-state index contributed by atoms with van der Waals surface area (Å²) in [5.74, 6) is 1.60. The van der Waals surface area contributed by atoms with Crippen molar-refractivity contribution in [1.82, 2.24) is 5.32 Å². The first kappa shape index (κ1) is 14.9. The molecule has 0 unspecified atom stereocenters. The molecule has 0 aliphatic carbocycles. The molecule has 106 valence electrons. The van der Waals surface area contributed by atoms with Crippen molar-refractivity contribution in [3.63, 3.8) is 0 Å². The zero-order chi connectivity index (χ0) is 14.5. The second-order valence-corrected chi connectivity index (χ2v) is 5.22. The van der Waals surface area contributed by atoms with E-state index >= 15 is 0 Å². The van der Waals surface area contributed by atoms with Crippen LogP contribution in [0.3, 0.4) is 0 Å². The summed E-state index contributed by atoms with van der Waals surface area (Å²) in [6.45, 7) is 7.88. The van der Waals surface area contributed by atoms with Gasteiger partial charge in [-0.25, -0.2) is 0 Å². The molecule has 20 heavy (non-hydrogen) atoms. The normalized spacial score (nSPS) is 10.6. The van der Waals surface area contributed by atoms with Gasteiger partial charge in [0.1, 0.15) is 5.75 Å². The Morgan fingerprint density at radius 2 is 1.85 bits per heavy atom. The molecule has 0 fully saturated rings. The molecule has 2 aromatic carbocycles. The van der Waals surface area contributed by atoms with Crippen molar-refractivity contribution < 1.29 is 4.74 Å². The summed E-state index contributed by atoms with van der Waals surface area (Å²) in [5, 5.41) is 3.95. The second kappa shape index (κ2) is 6.78. The van der Waals surface area contributed by atoms with Gasteiger partial charge in [-0.3, -0.25) is 0 Å². The van der Waals surface area contributed by atoms with E-state index < -0.39 is 0 Å². The number of ether oxygens (including phenoxy) is 1. The molecule has 0 aromatic heterocycles. The molecular formula is C17H20ClNO. The minimum Gasteiger partial charge on any atom is -0.455 e. The third-order valence-electron chi connectivity index (χ3n) is 3.38. The molecule has 0 saturated carbocycles. The summed E-state index contributed by atoms with van der Waals surface area (Å²) in [6.07, 6.45) is 0. The fourth-order valence-corrected chi connectivity index (χ4v) is 2.24. The third kappa shape index (κ3) is 3.33. The van der Waals surface area contributed by atoms with Crippen molar-refractivity contribution in [3.8, 4) is 11.5 Å². The Labute approximate surface area is 125 Å². The van der Waals surface area contributed by atoms with E-state index in [0.29, 0.717) is 5.02 Å². The second-order valence-electron chi connectivity index (χ2n) is 4.81. The van der Waals surface area contributed by atoms with E-state index in [2.05, 4.69) is 32.2 Å². The molecule has 3 heteroatoms. The lowest BCUT2D eigenvalue weighted by atomic mass is 10.1. The van der Waals surface area contributed by atoms with Crippen molar-refractivity contribution in [2.75, 3.05) is 6.54 Å². The number of hydrogen-bond donors (Lipinski definition) is 1. The van der Waals surface area contributed by atoms with Crippen molar-refractivity contribution >= 4 is 11.6 Å². The third-order valence-corrected chi connectivity index (χ3v) is 3.68. The highest BCUT2D eigenvalue weighted by atomic mass is 35.5. The standard InChI is InChI=1S/C17H20ClNO/c1-4-19-11-14-8-6-9-15(18)17(14)20-16-10-5-7-12(2)13(16)3/h5-10,19H,4,11H2,1-3H3. The van der Waals surface area contributed by atoms with Crippen LogP contribution in [0, 0.1) is 13.8 Å². The van der Waals surface area contributed by atoms with Crippen LogP contribution in [0.2, 0.25) is 5.02 Å². The molecule has 2 rings (SSSR count). The first-order valence-electron chi connectivity index (χ1n) is 6.85. The average Bonchev–Trinajstić information content (AvgIpc) is 2.44. The number of halogens is 1. The summed E-state index contributed by atoms with van der Waals surface area (Å²) in [4.78, 5) is 0. The van der Waals surface area contributed by atoms with Gasteiger partial charge in [0.2, 0.25) is 0 Å². The number of para-hydroxylation sites is 1. The quantitative estimate of drug-likeness (QED) is 0.849. The molecule has 0 saturated heterocycles. The minimum atomic E-state index is 0.640. The van der Waals surface area contributed by atoms with Gasteiger partial charge in [-0.15, -0.1) is 0 Å². The van der Waals surface area contributed by atoms with Crippen LogP contribution in [-0.4, -0.2) is 6.54 Å². The largest absolute Gasteiger partial charge is 0.455 e. The van der Waals surface area contributed by atoms with E-state index in [0.717, 1.165) is 35.7 Å². The van der Waals surface area contributed by atoms with Gasteiger partial charge in [0.15, 0.2) is 5.75 Å². The SMILES string of the molecule is CCNCc1cccc(Cl)c1Oc1cccc(C)c1C. The molecule has 0 aliphatic heterocycles. The average molecular weight is 290 g/mol. The molecular weight excluding hydrogens is 270 g/mol. The Kier molecular flexibility index (Phi) is 5.05. The summed E-state index contributed by atoms with van der Waals surface area (Å²) in [5.41, 5.74) is 3.42. The highest BCUT2D eigenvalue weighted by Gasteiger charge is 2.11. The van der Waals surface area contributed by atoms with E-state index in [9.17, 15) is 0 Å². The number of aryl methyl sites for hydroxylation is 1. The summed E-state index contributed by atoms with van der Waals surface area (Å²) < 4.78 is 6.08. The summed E-state index contributed by atoms with van der Waals surface area (Å²) >= 11 is 6.30. The van der Waals surface area contributed by atoms with Gasteiger partial charge in [-0.05, 0) is 43.7 Å². The van der Waals surface area contributed by atoms with E-state index in [1.54, 1.807) is 0 Å². The zero-order valence-electron chi connectivity index (χ0n) is 12.2. The van der Waals surface area contributed by atoms with Crippen LogP contribution in [0.15, 0.2) is 36.4 Å². The Balaban J connectivity index is 2.34. The fraction of sp³-hybridized carbons (Fsp3) is 0.294. The monoisotopic (exact) mass is 289 g/mol. The van der Waals surface area contributed by atoms with Crippen molar-refractivity contribution in [3.05, 3.63) is 58.1 Å². The summed E-state index contributed by atoms with van der Waals surface area (Å²) in [7, 11) is 0. The molecule has 1 N–H and O–H groups in total. The molecule has 0 radical (unpaired) electrons. The van der Waals surface area contributed by atoms with Gasteiger partial charge in [-0.2, -0.15) is 0 Å². The number of rotatable bonds is 5. The fourth-order valence-electron chi connectivity index (χ4n) is 2.01. The van der Waals surface area contributed by atoms with Crippen molar-refractivity contribution in [2.24, 2.45) is 0 Å². The molecule has 2 aromatic rings. The van der Waals surface area contributed by atoms with E-state index in [1.165, 1.54) is 5.56 Å². The predicted octanol–water partition coefficient (Wildman–Crippen LogP) is 4.86. The topological polar surface area (TPSA) is 21.3 Å². The van der Waals surface area contributed by atoms with Crippen LogP contribution in [0.5, 0.6) is 11.5 Å². The highest BCUT2D eigenvalue weighted by molar-refractivity contribution is 6.32. The van der Waals surface area contributed by atoms with Gasteiger partial charge in [0, 0.05) is 12.1 Å². The minimum absolute atomic E-state index is 0.640. The first-order valence-corrected chi connectivity index (χ1v) is 7.23. The predicted molar refractivity (Wildman–Crippen MR) is 84.8 cm³/mol. The molecule has 2 nitrogen and oxygen atoms in total. The lowest BCUT2D eigenvalue weighted by Crippen LogP contribution is -2.12. The van der Waals surface area contributed by atoms with Gasteiger partial charge in [-0.1, -0.05) is 42.8 Å². The van der Waals surface area contributed by atoms with Crippen molar-refractivity contribution in [2.45, 2.75) is 27.3 Å². The number of hydrogen-bond acceptors (Lipinski definition) is 2. The maximum Gasteiger partial charge on any atom is 0.150 e. The summed E-state index contributed by atoms with van der Waals surface area (Å²) in [6, 6.07) is 11.9. The maximum absolute atomic E-state index is 6.30. The lowest BCUT2D eigenvalue weighted by molar-refractivity contribution is 0.469. The van der Waals surface area contributed by atoms with Gasteiger partial charge >= 0.3 is 0 Å². The Hall–Kier alpha value is -1.51. The van der Waals surface area contributed by atoms with Crippen LogP contribution in [-0.2, 0) is 6.54 Å². The van der Waals surface area contributed by atoms with Crippen molar-refractivity contribution in [1.29, 1.82) is 0 Å². The van der Waals surface area contributed by atoms with E-state index in [-0.39, 0.29) is 0 Å². The highest BCUT2D eigenvalue weighted by Crippen LogP contribution is 2.34. The molecule has 0 aliphatic rings. The number of nitrogens with one attached hydrogen (secondary N) is 1. The van der Waals surface area contributed by atoms with Crippen LogP contribution in [0.1, 0.15) is 23.6 Å². The van der Waals surface area contributed by atoms with E-state index in [1.807, 2.05) is 30.3 Å². The lowest BCUT2D eigenvalue weighted by Gasteiger charge is -2.15. The molecule has 0 spiro atoms. The Bertz CT molecular complexity index is 596. The molecule has 0 heterocycles. The maximum atomic E-state index is 6.30. The first-order chi connectivity index (χ1) is 9.63. The van der Waals surface area contributed by atoms with Gasteiger partial charge < -0.3 is 10.1 Å². The van der Waals surface area contributed by atoms with E-state index in [4.69, 9.17) is 16.3 Å². The number of benzene rings is 2. The van der Waals surface area contributed by atoms with Gasteiger partial charge in [0.05, 0.1) is 5.02 Å². The Morgan fingerprint density at radius 3 is 2.60 bits per heavy atom. The van der Waals surface area contributed by atoms with Gasteiger partial charge in [0.25, 0.3) is 0 Å². The van der Waals surface area contributed by atoms with Crippen LogP contribution < -0.4 is 10.1 Å². The van der Waals surface area contributed by atoms with Crippen LogP contribution in [0.4, 0.5) is 0 Å². The Morgan fingerprint density at radius 1 is 1.10 bits per heavy atom. The smallest absolute Gasteiger partial charge is 0.150 e. The van der Waals surface area contributed by atoms with Crippen LogP contribution >= 0.6 is 11.6 Å². The zero-order valence-corrected chi connectivity index (χ0v) is 12.9.